The van der Waals surface area contributed by atoms with E-state index in [2.05, 4.69) is 9.72 Å². The number of ether oxygens (including phenoxy) is 1. The molecule has 0 aliphatic heterocycles. The largest absolute Gasteiger partial charge is 0.469 e. The molecule has 0 saturated carbocycles. The van der Waals surface area contributed by atoms with Crippen molar-refractivity contribution >= 4 is 28.6 Å². The number of pyridine rings is 1. The molecule has 0 amide bonds. The van der Waals surface area contributed by atoms with Crippen LogP contribution >= 0.6 is 22.6 Å². The number of hydrogen-bond acceptors (Lipinski definition) is 3. The van der Waals surface area contributed by atoms with Crippen LogP contribution in [-0.4, -0.2) is 18.1 Å². The highest BCUT2D eigenvalue weighted by atomic mass is 127. The minimum Gasteiger partial charge on any atom is -0.469 e. The third-order valence-electron chi connectivity index (χ3n) is 1.79. The zero-order valence-corrected chi connectivity index (χ0v) is 10.3. The van der Waals surface area contributed by atoms with Gasteiger partial charge in [0.25, 0.3) is 0 Å². The van der Waals surface area contributed by atoms with Crippen molar-refractivity contribution < 1.29 is 22.7 Å². The van der Waals surface area contributed by atoms with Crippen LogP contribution in [0.25, 0.3) is 0 Å². The van der Waals surface area contributed by atoms with E-state index in [1.54, 1.807) is 22.6 Å². The van der Waals surface area contributed by atoms with Crippen molar-refractivity contribution in [3.63, 3.8) is 0 Å². The average molecular weight is 345 g/mol. The van der Waals surface area contributed by atoms with Crippen LogP contribution in [0.15, 0.2) is 12.1 Å². The van der Waals surface area contributed by atoms with E-state index in [1.165, 1.54) is 6.07 Å². The molecule has 0 radical (unpaired) electrons. The SMILES string of the molecule is COC(=O)Cc1nc(I)ccc1C(F)(F)F. The minimum absolute atomic E-state index is 0.314. The van der Waals surface area contributed by atoms with Crippen molar-refractivity contribution in [2.75, 3.05) is 7.11 Å². The summed E-state index contributed by atoms with van der Waals surface area (Å²) in [6.45, 7) is 0. The van der Waals surface area contributed by atoms with E-state index >= 15 is 0 Å². The quantitative estimate of drug-likeness (QED) is 0.470. The molecule has 1 aromatic rings. The molecule has 1 rings (SSSR count). The second-order valence-electron chi connectivity index (χ2n) is 2.88. The van der Waals surface area contributed by atoms with Crippen molar-refractivity contribution in [2.45, 2.75) is 12.6 Å². The molecule has 0 fully saturated rings. The molecule has 0 aromatic carbocycles. The van der Waals surface area contributed by atoms with Crippen LogP contribution in [0.3, 0.4) is 0 Å². The Balaban J connectivity index is 3.13. The number of methoxy groups -OCH3 is 1. The number of nitrogens with zero attached hydrogens (tertiary/aromatic N) is 1. The predicted molar refractivity (Wildman–Crippen MR) is 57.7 cm³/mol. The van der Waals surface area contributed by atoms with Crippen molar-refractivity contribution in [2.24, 2.45) is 0 Å². The van der Waals surface area contributed by atoms with Crippen LogP contribution in [0.2, 0.25) is 0 Å². The number of esters is 1. The molecule has 0 bridgehead atoms. The summed E-state index contributed by atoms with van der Waals surface area (Å²) in [5, 5.41) is 0. The number of aromatic nitrogens is 1. The Bertz CT molecular complexity index is 406. The Labute approximate surface area is 103 Å². The van der Waals surface area contributed by atoms with Crippen LogP contribution in [0.5, 0.6) is 0 Å². The number of hydrogen-bond donors (Lipinski definition) is 0. The van der Waals surface area contributed by atoms with E-state index in [1.807, 2.05) is 0 Å². The van der Waals surface area contributed by atoms with Crippen molar-refractivity contribution in [1.82, 2.24) is 4.98 Å². The molecule has 16 heavy (non-hydrogen) atoms. The van der Waals surface area contributed by atoms with Gasteiger partial charge in [-0.3, -0.25) is 4.79 Å². The van der Waals surface area contributed by atoms with Crippen LogP contribution in [-0.2, 0) is 22.1 Å². The fourth-order valence-corrected chi connectivity index (χ4v) is 1.55. The van der Waals surface area contributed by atoms with Gasteiger partial charge in [0.1, 0.15) is 3.70 Å². The fourth-order valence-electron chi connectivity index (χ4n) is 1.08. The first-order chi connectivity index (χ1) is 7.34. The van der Waals surface area contributed by atoms with Gasteiger partial charge in [-0.2, -0.15) is 13.2 Å². The molecular formula is C9H7F3INO2. The zero-order valence-electron chi connectivity index (χ0n) is 8.14. The fraction of sp³-hybridized carbons (Fsp3) is 0.333. The molecule has 0 atom stereocenters. The summed E-state index contributed by atoms with van der Waals surface area (Å²) in [6, 6.07) is 2.15. The number of rotatable bonds is 2. The molecule has 88 valence electrons. The van der Waals surface area contributed by atoms with Gasteiger partial charge in [0.2, 0.25) is 0 Å². The van der Waals surface area contributed by atoms with Gasteiger partial charge >= 0.3 is 12.1 Å². The summed E-state index contributed by atoms with van der Waals surface area (Å²) in [6.07, 6.45) is -5.00. The summed E-state index contributed by atoms with van der Waals surface area (Å²) in [7, 11) is 1.11. The molecule has 0 spiro atoms. The first-order valence-corrected chi connectivity index (χ1v) is 5.22. The van der Waals surface area contributed by atoms with Gasteiger partial charge in [-0.15, -0.1) is 0 Å². The molecule has 7 heteroatoms. The Kier molecular flexibility index (Phi) is 4.11. The number of carbonyl (C=O) groups excluding carboxylic acids is 1. The first-order valence-electron chi connectivity index (χ1n) is 4.14. The van der Waals surface area contributed by atoms with Crippen molar-refractivity contribution in [1.29, 1.82) is 0 Å². The number of halogens is 4. The Morgan fingerprint density at radius 2 is 2.12 bits per heavy atom. The molecule has 3 nitrogen and oxygen atoms in total. The highest BCUT2D eigenvalue weighted by Gasteiger charge is 2.34. The normalized spacial score (nSPS) is 11.3. The van der Waals surface area contributed by atoms with Crippen LogP contribution in [0.4, 0.5) is 13.2 Å². The van der Waals surface area contributed by atoms with Crippen molar-refractivity contribution in [3.05, 3.63) is 27.1 Å². The lowest BCUT2D eigenvalue weighted by atomic mass is 10.1. The molecule has 0 N–H and O–H groups in total. The van der Waals surface area contributed by atoms with E-state index in [0.29, 0.717) is 3.70 Å². The monoisotopic (exact) mass is 345 g/mol. The Hall–Kier alpha value is -0.860. The molecule has 1 heterocycles. The van der Waals surface area contributed by atoms with Gasteiger partial charge < -0.3 is 4.74 Å². The smallest absolute Gasteiger partial charge is 0.418 e. The Morgan fingerprint density at radius 1 is 1.50 bits per heavy atom. The zero-order chi connectivity index (χ0) is 12.3. The Morgan fingerprint density at radius 3 is 2.62 bits per heavy atom. The van der Waals surface area contributed by atoms with Gasteiger partial charge in [0, 0.05) is 0 Å². The summed E-state index contributed by atoms with van der Waals surface area (Å²) in [5.74, 6) is -0.750. The van der Waals surface area contributed by atoms with Gasteiger partial charge in [-0.1, -0.05) is 0 Å². The summed E-state index contributed by atoms with van der Waals surface area (Å²) in [4.78, 5) is 14.6. The second kappa shape index (κ2) is 4.98. The third kappa shape index (κ3) is 3.32. The highest BCUT2D eigenvalue weighted by Crippen LogP contribution is 2.31. The lowest BCUT2D eigenvalue weighted by Crippen LogP contribution is -2.15. The second-order valence-corrected chi connectivity index (χ2v) is 3.98. The van der Waals surface area contributed by atoms with Crippen molar-refractivity contribution in [3.8, 4) is 0 Å². The number of carbonyl (C=O) groups is 1. The first kappa shape index (κ1) is 13.2. The van der Waals surface area contributed by atoms with E-state index in [-0.39, 0.29) is 5.69 Å². The van der Waals surface area contributed by atoms with Crippen LogP contribution in [0.1, 0.15) is 11.3 Å². The van der Waals surface area contributed by atoms with E-state index in [0.717, 1.165) is 13.2 Å². The maximum Gasteiger partial charge on any atom is 0.418 e. The van der Waals surface area contributed by atoms with E-state index < -0.39 is 24.1 Å². The van der Waals surface area contributed by atoms with Gasteiger partial charge in [0.05, 0.1) is 24.8 Å². The van der Waals surface area contributed by atoms with Gasteiger partial charge in [-0.05, 0) is 34.7 Å². The van der Waals surface area contributed by atoms with E-state index in [4.69, 9.17) is 0 Å². The maximum absolute atomic E-state index is 12.5. The minimum atomic E-state index is -4.51. The van der Waals surface area contributed by atoms with Crippen LogP contribution < -0.4 is 0 Å². The third-order valence-corrected chi connectivity index (χ3v) is 2.39. The lowest BCUT2D eigenvalue weighted by Gasteiger charge is -2.11. The molecular weight excluding hydrogens is 338 g/mol. The van der Waals surface area contributed by atoms with Gasteiger partial charge in [0.15, 0.2) is 0 Å². The topological polar surface area (TPSA) is 39.2 Å². The maximum atomic E-state index is 12.5. The molecule has 0 unspecified atom stereocenters. The molecule has 0 aliphatic carbocycles. The summed E-state index contributed by atoms with van der Waals surface area (Å²) < 4.78 is 42.3. The van der Waals surface area contributed by atoms with E-state index in [9.17, 15) is 18.0 Å². The molecule has 1 aromatic heterocycles. The van der Waals surface area contributed by atoms with Gasteiger partial charge in [-0.25, -0.2) is 4.98 Å². The highest BCUT2D eigenvalue weighted by molar-refractivity contribution is 14.1. The van der Waals surface area contributed by atoms with Crippen LogP contribution in [0, 0.1) is 3.70 Å². The molecule has 0 aliphatic rings. The average Bonchev–Trinajstić information content (AvgIpc) is 2.15. The summed E-state index contributed by atoms with van der Waals surface area (Å²) >= 11 is 1.78. The predicted octanol–water partition coefficient (Wildman–Crippen LogP) is 2.42. The number of alkyl halides is 3. The molecule has 0 saturated heterocycles. The lowest BCUT2D eigenvalue weighted by molar-refractivity contribution is -0.141. The standard InChI is InChI=1S/C9H7F3INO2/c1-16-8(15)4-6-5(9(10,11)12)2-3-7(13)14-6/h2-3H,4H2,1H3. The summed E-state index contributed by atoms with van der Waals surface area (Å²) in [5.41, 5.74) is -1.22.